The zero-order valence-corrected chi connectivity index (χ0v) is 14.3. The van der Waals surface area contributed by atoms with Gasteiger partial charge in [-0.15, -0.1) is 0 Å². The summed E-state index contributed by atoms with van der Waals surface area (Å²) >= 11 is 7.18. The van der Waals surface area contributed by atoms with E-state index < -0.39 is 6.04 Å². The Kier molecular flexibility index (Phi) is 4.78. The molecule has 0 fully saturated rings. The maximum atomic E-state index is 12.2. The molecule has 7 heteroatoms. The number of para-hydroxylation sites is 1. The highest BCUT2D eigenvalue weighted by Crippen LogP contribution is 2.25. The van der Waals surface area contributed by atoms with Crippen molar-refractivity contribution in [1.82, 2.24) is 10.3 Å². The molecule has 122 valence electrons. The van der Waals surface area contributed by atoms with Gasteiger partial charge in [0.2, 0.25) is 5.91 Å². The molecule has 0 unspecified atom stereocenters. The highest BCUT2D eigenvalue weighted by atomic mass is 35.5. The van der Waals surface area contributed by atoms with Crippen molar-refractivity contribution in [1.29, 1.82) is 0 Å². The largest absolute Gasteiger partial charge is 0.341 e. The average Bonchev–Trinajstić information content (AvgIpc) is 2.97. The number of hydrogen-bond donors (Lipinski definition) is 2. The second-order valence-electron chi connectivity index (χ2n) is 5.18. The molecule has 3 aromatic rings. The third kappa shape index (κ3) is 3.72. The second kappa shape index (κ2) is 6.98. The molecule has 2 N–H and O–H groups in total. The lowest BCUT2D eigenvalue weighted by Crippen LogP contribution is -2.41. The van der Waals surface area contributed by atoms with E-state index in [1.807, 2.05) is 24.3 Å². The Bertz CT molecular complexity index is 859. The van der Waals surface area contributed by atoms with Crippen LogP contribution in [0, 0.1) is 0 Å². The van der Waals surface area contributed by atoms with Crippen molar-refractivity contribution in [3.05, 3.63) is 59.1 Å². The predicted octanol–water partition coefficient (Wildman–Crippen LogP) is 3.71. The third-order valence-electron chi connectivity index (χ3n) is 3.37. The molecule has 0 radical (unpaired) electrons. The molecule has 0 bridgehead atoms. The Balaban J connectivity index is 1.63. The quantitative estimate of drug-likeness (QED) is 0.746. The zero-order valence-electron chi connectivity index (χ0n) is 12.7. The molecule has 1 heterocycles. The standard InChI is InChI=1S/C17H14ClN3O2S/c1-10(19-16(23)11-6-8-12(18)9-7-11)15(22)21-17-20-13-4-2-3-5-14(13)24-17/h2-10H,1H3,(H,19,23)(H,20,21,22)/t10-/m1/s1. The fraction of sp³-hybridized carbons (Fsp3) is 0.118. The summed E-state index contributed by atoms with van der Waals surface area (Å²) in [5.74, 6) is -0.657. The van der Waals surface area contributed by atoms with E-state index in [0.717, 1.165) is 10.2 Å². The lowest BCUT2D eigenvalue weighted by molar-refractivity contribution is -0.117. The van der Waals surface area contributed by atoms with Gasteiger partial charge in [-0.3, -0.25) is 9.59 Å². The molecule has 2 amide bonds. The fourth-order valence-electron chi connectivity index (χ4n) is 2.09. The molecular weight excluding hydrogens is 346 g/mol. The maximum absolute atomic E-state index is 12.2. The van der Waals surface area contributed by atoms with E-state index >= 15 is 0 Å². The second-order valence-corrected chi connectivity index (χ2v) is 6.65. The summed E-state index contributed by atoms with van der Waals surface area (Å²) < 4.78 is 0.991. The van der Waals surface area contributed by atoms with Gasteiger partial charge in [-0.05, 0) is 43.3 Å². The number of amides is 2. The first-order valence-electron chi connectivity index (χ1n) is 7.26. The topological polar surface area (TPSA) is 71.1 Å². The van der Waals surface area contributed by atoms with E-state index in [9.17, 15) is 9.59 Å². The van der Waals surface area contributed by atoms with E-state index in [2.05, 4.69) is 15.6 Å². The Morgan fingerprint density at radius 2 is 1.83 bits per heavy atom. The predicted molar refractivity (Wildman–Crippen MR) is 96.6 cm³/mol. The van der Waals surface area contributed by atoms with Gasteiger partial charge < -0.3 is 10.6 Å². The molecule has 24 heavy (non-hydrogen) atoms. The molecule has 0 saturated heterocycles. The maximum Gasteiger partial charge on any atom is 0.251 e. The van der Waals surface area contributed by atoms with Gasteiger partial charge in [-0.25, -0.2) is 4.98 Å². The summed E-state index contributed by atoms with van der Waals surface area (Å²) in [5.41, 5.74) is 1.27. The molecule has 0 spiro atoms. The molecule has 0 aliphatic heterocycles. The summed E-state index contributed by atoms with van der Waals surface area (Å²) in [5, 5.41) is 6.44. The van der Waals surface area contributed by atoms with Gasteiger partial charge in [0, 0.05) is 10.6 Å². The monoisotopic (exact) mass is 359 g/mol. The highest BCUT2D eigenvalue weighted by Gasteiger charge is 2.18. The van der Waals surface area contributed by atoms with Crippen LogP contribution in [0.1, 0.15) is 17.3 Å². The molecule has 2 aromatic carbocycles. The van der Waals surface area contributed by atoms with E-state index in [4.69, 9.17) is 11.6 Å². The number of carbonyl (C=O) groups excluding carboxylic acids is 2. The molecular formula is C17H14ClN3O2S. The first-order chi connectivity index (χ1) is 11.5. The lowest BCUT2D eigenvalue weighted by Gasteiger charge is -2.13. The van der Waals surface area contributed by atoms with Crippen molar-refractivity contribution in [2.24, 2.45) is 0 Å². The van der Waals surface area contributed by atoms with E-state index in [1.165, 1.54) is 11.3 Å². The summed E-state index contributed by atoms with van der Waals surface area (Å²) in [4.78, 5) is 28.7. The van der Waals surface area contributed by atoms with Crippen LogP contribution in [0.15, 0.2) is 48.5 Å². The Morgan fingerprint density at radius 1 is 1.12 bits per heavy atom. The van der Waals surface area contributed by atoms with Crippen LogP contribution in [0.25, 0.3) is 10.2 Å². The number of rotatable bonds is 4. The molecule has 0 aliphatic carbocycles. The summed E-state index contributed by atoms with van der Waals surface area (Å²) in [6.45, 7) is 1.62. The first kappa shape index (κ1) is 16.4. The van der Waals surface area contributed by atoms with E-state index in [0.29, 0.717) is 15.7 Å². The Labute approximate surface area is 147 Å². The third-order valence-corrected chi connectivity index (χ3v) is 4.58. The van der Waals surface area contributed by atoms with Crippen LogP contribution in [0.5, 0.6) is 0 Å². The number of benzene rings is 2. The Morgan fingerprint density at radius 3 is 2.54 bits per heavy atom. The van der Waals surface area contributed by atoms with Gasteiger partial charge in [-0.2, -0.15) is 0 Å². The zero-order chi connectivity index (χ0) is 17.1. The van der Waals surface area contributed by atoms with Crippen molar-refractivity contribution in [2.75, 3.05) is 5.32 Å². The number of hydrogen-bond acceptors (Lipinski definition) is 4. The Hall–Kier alpha value is -2.44. The minimum Gasteiger partial charge on any atom is -0.341 e. The van der Waals surface area contributed by atoms with Gasteiger partial charge in [-0.1, -0.05) is 35.1 Å². The van der Waals surface area contributed by atoms with Crippen molar-refractivity contribution in [2.45, 2.75) is 13.0 Å². The minimum absolute atomic E-state index is 0.323. The van der Waals surface area contributed by atoms with Crippen molar-refractivity contribution < 1.29 is 9.59 Å². The van der Waals surface area contributed by atoms with Gasteiger partial charge in [0.1, 0.15) is 6.04 Å². The van der Waals surface area contributed by atoms with E-state index in [1.54, 1.807) is 31.2 Å². The van der Waals surface area contributed by atoms with Crippen LogP contribution in [-0.4, -0.2) is 22.8 Å². The van der Waals surface area contributed by atoms with Crippen LogP contribution < -0.4 is 10.6 Å². The van der Waals surface area contributed by atoms with Gasteiger partial charge in [0.15, 0.2) is 5.13 Å². The smallest absolute Gasteiger partial charge is 0.251 e. The van der Waals surface area contributed by atoms with Crippen molar-refractivity contribution in [3.8, 4) is 0 Å². The number of aromatic nitrogens is 1. The van der Waals surface area contributed by atoms with Crippen LogP contribution in [0.4, 0.5) is 5.13 Å². The van der Waals surface area contributed by atoms with Crippen molar-refractivity contribution >= 4 is 50.1 Å². The van der Waals surface area contributed by atoms with Crippen LogP contribution >= 0.6 is 22.9 Å². The normalized spacial score (nSPS) is 11.9. The van der Waals surface area contributed by atoms with Crippen molar-refractivity contribution in [3.63, 3.8) is 0 Å². The van der Waals surface area contributed by atoms with Gasteiger partial charge in [0.25, 0.3) is 5.91 Å². The first-order valence-corrected chi connectivity index (χ1v) is 8.45. The number of thiazole rings is 1. The average molecular weight is 360 g/mol. The SMILES string of the molecule is C[C@@H](NC(=O)c1ccc(Cl)cc1)C(=O)Nc1nc2ccccc2s1. The summed E-state index contributed by atoms with van der Waals surface area (Å²) in [6, 6.07) is 13.4. The molecule has 1 aromatic heterocycles. The molecule has 3 rings (SSSR count). The fourth-order valence-corrected chi connectivity index (χ4v) is 3.08. The highest BCUT2D eigenvalue weighted by molar-refractivity contribution is 7.22. The summed E-state index contributed by atoms with van der Waals surface area (Å²) in [6.07, 6.45) is 0. The number of fused-ring (bicyclic) bond motifs is 1. The lowest BCUT2D eigenvalue weighted by atomic mass is 10.2. The van der Waals surface area contributed by atoms with Crippen LogP contribution in [0.3, 0.4) is 0 Å². The van der Waals surface area contributed by atoms with Crippen LogP contribution in [-0.2, 0) is 4.79 Å². The summed E-state index contributed by atoms with van der Waals surface area (Å²) in [7, 11) is 0. The van der Waals surface area contributed by atoms with Gasteiger partial charge in [0.05, 0.1) is 10.2 Å². The van der Waals surface area contributed by atoms with E-state index in [-0.39, 0.29) is 11.8 Å². The molecule has 5 nitrogen and oxygen atoms in total. The molecule has 1 atom stereocenters. The molecule has 0 aliphatic rings. The minimum atomic E-state index is -0.694. The van der Waals surface area contributed by atoms with Gasteiger partial charge >= 0.3 is 0 Å². The number of nitrogens with one attached hydrogen (secondary N) is 2. The number of nitrogens with zero attached hydrogens (tertiary/aromatic N) is 1. The van der Waals surface area contributed by atoms with Crippen LogP contribution in [0.2, 0.25) is 5.02 Å². The number of carbonyl (C=O) groups is 2. The number of anilines is 1. The number of halogens is 1. The molecule has 0 saturated carbocycles.